The molecule has 0 aliphatic heterocycles. The predicted molar refractivity (Wildman–Crippen MR) is 105 cm³/mol. The Kier molecular flexibility index (Phi) is 8.75. The average molecular weight is 486 g/mol. The van der Waals surface area contributed by atoms with Crippen molar-refractivity contribution in [2.45, 2.75) is 19.1 Å². The van der Waals surface area contributed by atoms with Crippen molar-refractivity contribution in [3.63, 3.8) is 0 Å². The normalized spacial score (nSPS) is 12.2. The van der Waals surface area contributed by atoms with Crippen molar-refractivity contribution in [1.82, 2.24) is 4.98 Å². The first kappa shape index (κ1) is 26.1. The van der Waals surface area contributed by atoms with E-state index in [0.29, 0.717) is 0 Å². The van der Waals surface area contributed by atoms with Crippen LogP contribution in [0.4, 0.5) is 28.9 Å². The third-order valence-electron chi connectivity index (χ3n) is 3.42. The van der Waals surface area contributed by atoms with Crippen molar-refractivity contribution in [3.05, 3.63) is 53.6 Å². The predicted octanol–water partition coefficient (Wildman–Crippen LogP) is 3.30. The molecule has 2 N–H and O–H groups in total. The number of nitrogens with zero attached hydrogens (tertiary/aromatic N) is 2. The zero-order valence-electron chi connectivity index (χ0n) is 15.9. The van der Waals surface area contributed by atoms with Crippen LogP contribution >= 0.6 is 11.6 Å². The number of anilines is 2. The average Bonchev–Trinajstić information content (AvgIpc) is 2.64. The highest BCUT2D eigenvalue weighted by atomic mass is 35.5. The van der Waals surface area contributed by atoms with Gasteiger partial charge in [0.25, 0.3) is 0 Å². The molecule has 0 aliphatic carbocycles. The Morgan fingerprint density at radius 3 is 2.16 bits per heavy atom. The molecule has 14 heteroatoms. The number of benzene rings is 1. The molecule has 0 bridgehead atoms. The number of para-hydroxylation sites is 1. The van der Waals surface area contributed by atoms with Gasteiger partial charge in [0.2, 0.25) is 21.9 Å². The van der Waals surface area contributed by atoms with E-state index in [1.54, 1.807) is 12.1 Å². The molecule has 2 rings (SSSR count). The number of pyridine rings is 1. The Bertz CT molecular complexity index is 1030. The van der Waals surface area contributed by atoms with Crippen LogP contribution in [-0.2, 0) is 19.6 Å². The summed E-state index contributed by atoms with van der Waals surface area (Å²) >= 11 is 6.06. The highest BCUT2D eigenvalue weighted by molar-refractivity contribution is 7.92. The van der Waals surface area contributed by atoms with Gasteiger partial charge in [-0.3, -0.25) is 9.10 Å². The number of aliphatic carboxylic acids is 1. The molecule has 8 nitrogen and oxygen atoms in total. The van der Waals surface area contributed by atoms with Gasteiger partial charge in [-0.15, -0.1) is 0 Å². The van der Waals surface area contributed by atoms with Crippen molar-refractivity contribution >= 4 is 44.9 Å². The van der Waals surface area contributed by atoms with Crippen LogP contribution in [0.5, 0.6) is 0 Å². The summed E-state index contributed by atoms with van der Waals surface area (Å²) in [6.07, 6.45) is -2.96. The monoisotopic (exact) mass is 485 g/mol. The van der Waals surface area contributed by atoms with Crippen molar-refractivity contribution in [3.8, 4) is 0 Å². The molecule has 1 atom stereocenters. The number of carboxylic acid groups (broad SMARTS) is 1. The van der Waals surface area contributed by atoms with Gasteiger partial charge in [0, 0.05) is 0 Å². The van der Waals surface area contributed by atoms with E-state index in [1.165, 1.54) is 25.1 Å². The zero-order valence-corrected chi connectivity index (χ0v) is 17.5. The summed E-state index contributed by atoms with van der Waals surface area (Å²) in [4.78, 5) is 24.7. The Hall–Kier alpha value is -2.93. The highest BCUT2D eigenvalue weighted by Crippen LogP contribution is 2.29. The quantitative estimate of drug-likeness (QED) is 0.496. The van der Waals surface area contributed by atoms with Crippen molar-refractivity contribution in [1.29, 1.82) is 0 Å². The molecule has 2 aromatic rings. The summed E-state index contributed by atoms with van der Waals surface area (Å²) in [5, 5.41) is 9.82. The molecule has 1 aromatic heterocycles. The van der Waals surface area contributed by atoms with Crippen molar-refractivity contribution in [2.24, 2.45) is 0 Å². The lowest BCUT2D eigenvalue weighted by atomic mass is 10.2. The summed E-state index contributed by atoms with van der Waals surface area (Å²) in [7, 11) is -3.77. The molecule has 31 heavy (non-hydrogen) atoms. The number of sulfonamides is 1. The first-order valence-electron chi connectivity index (χ1n) is 8.11. The number of rotatable bonds is 5. The lowest BCUT2D eigenvalue weighted by molar-refractivity contribution is -0.192. The van der Waals surface area contributed by atoms with Gasteiger partial charge in [0.05, 0.1) is 28.9 Å². The molecule has 0 fully saturated rings. The second-order valence-corrected chi connectivity index (χ2v) is 8.11. The maximum absolute atomic E-state index is 12.8. The summed E-state index contributed by atoms with van der Waals surface area (Å²) in [5.41, 5.74) is 0.447. The highest BCUT2D eigenvalue weighted by Gasteiger charge is 2.38. The SMILES string of the molecule is CC(C(=O)Nc1ccc(F)nc1)N(c1ccccc1Cl)S(C)(=O)=O.O=C(O)C(F)(F)F. The van der Waals surface area contributed by atoms with E-state index in [-0.39, 0.29) is 16.4 Å². The van der Waals surface area contributed by atoms with E-state index in [0.717, 1.165) is 22.8 Å². The number of hydrogen-bond acceptors (Lipinski definition) is 5. The van der Waals surface area contributed by atoms with Gasteiger partial charge < -0.3 is 10.4 Å². The Balaban J connectivity index is 0.000000592. The van der Waals surface area contributed by atoms with E-state index >= 15 is 0 Å². The van der Waals surface area contributed by atoms with Crippen LogP contribution < -0.4 is 9.62 Å². The third-order valence-corrected chi connectivity index (χ3v) is 4.96. The molecule has 0 saturated carbocycles. The fourth-order valence-electron chi connectivity index (χ4n) is 2.11. The topological polar surface area (TPSA) is 117 Å². The number of aromatic nitrogens is 1. The summed E-state index contributed by atoms with van der Waals surface area (Å²) in [6.45, 7) is 1.43. The van der Waals surface area contributed by atoms with Crippen molar-refractivity contribution < 1.29 is 40.7 Å². The van der Waals surface area contributed by atoms with Gasteiger partial charge >= 0.3 is 12.1 Å². The molecule has 1 aromatic carbocycles. The maximum Gasteiger partial charge on any atom is 0.490 e. The van der Waals surface area contributed by atoms with Crippen LogP contribution in [0.25, 0.3) is 0 Å². The van der Waals surface area contributed by atoms with Crippen LogP contribution in [0.2, 0.25) is 5.02 Å². The van der Waals surface area contributed by atoms with E-state index < -0.39 is 40.1 Å². The Morgan fingerprint density at radius 2 is 1.74 bits per heavy atom. The molecule has 0 aliphatic rings. The number of amides is 1. The minimum absolute atomic E-state index is 0.196. The lowest BCUT2D eigenvalue weighted by Gasteiger charge is -2.28. The number of halogens is 5. The fraction of sp³-hybridized carbons (Fsp3) is 0.235. The number of carbonyl (C=O) groups excluding carboxylic acids is 1. The summed E-state index contributed by atoms with van der Waals surface area (Å²) < 4.78 is 69.8. The number of alkyl halides is 3. The molecule has 170 valence electrons. The molecular weight excluding hydrogens is 470 g/mol. The molecule has 1 unspecified atom stereocenters. The Morgan fingerprint density at radius 1 is 1.19 bits per heavy atom. The molecule has 1 amide bonds. The van der Waals surface area contributed by atoms with Gasteiger partial charge in [-0.1, -0.05) is 23.7 Å². The fourth-order valence-corrected chi connectivity index (χ4v) is 3.57. The van der Waals surface area contributed by atoms with E-state index in [4.69, 9.17) is 21.5 Å². The van der Waals surface area contributed by atoms with E-state index in [1.807, 2.05) is 0 Å². The molecule has 0 radical (unpaired) electrons. The van der Waals surface area contributed by atoms with Gasteiger partial charge in [-0.25, -0.2) is 18.2 Å². The van der Waals surface area contributed by atoms with Crippen LogP contribution in [-0.4, -0.2) is 48.9 Å². The standard InChI is InChI=1S/C15H15ClFN3O3S.C2HF3O2/c1-10(15(21)19-11-7-8-14(17)18-9-11)20(24(2,22)23)13-6-4-3-5-12(13)16;3-2(4,5)1(6)7/h3-10H,1-2H3,(H,19,21);(H,6,7). The molecule has 1 heterocycles. The van der Waals surface area contributed by atoms with Gasteiger partial charge in [0.1, 0.15) is 6.04 Å². The number of nitrogens with one attached hydrogen (secondary N) is 1. The van der Waals surface area contributed by atoms with E-state index in [2.05, 4.69) is 10.3 Å². The summed E-state index contributed by atoms with van der Waals surface area (Å²) in [6, 6.07) is 7.64. The van der Waals surface area contributed by atoms with Gasteiger partial charge in [-0.2, -0.15) is 17.6 Å². The smallest absolute Gasteiger partial charge is 0.475 e. The van der Waals surface area contributed by atoms with Gasteiger partial charge in [-0.05, 0) is 31.2 Å². The second kappa shape index (κ2) is 10.4. The molecular formula is C17H16ClF4N3O5S. The third kappa shape index (κ3) is 8.02. The molecule has 0 spiro atoms. The van der Waals surface area contributed by atoms with Crippen LogP contribution in [0.1, 0.15) is 6.92 Å². The largest absolute Gasteiger partial charge is 0.490 e. The van der Waals surface area contributed by atoms with Gasteiger partial charge in [0.15, 0.2) is 0 Å². The Labute approximate surface area is 179 Å². The number of carboxylic acids is 1. The zero-order chi connectivity index (χ0) is 24.0. The first-order valence-corrected chi connectivity index (χ1v) is 10.3. The lowest BCUT2D eigenvalue weighted by Crippen LogP contribution is -2.45. The maximum atomic E-state index is 12.8. The minimum Gasteiger partial charge on any atom is -0.475 e. The first-order chi connectivity index (χ1) is 14.1. The second-order valence-electron chi connectivity index (χ2n) is 5.85. The molecule has 0 saturated heterocycles. The van der Waals surface area contributed by atoms with Crippen LogP contribution in [0.15, 0.2) is 42.6 Å². The van der Waals surface area contributed by atoms with Crippen LogP contribution in [0.3, 0.4) is 0 Å². The van der Waals surface area contributed by atoms with Crippen molar-refractivity contribution in [2.75, 3.05) is 15.9 Å². The van der Waals surface area contributed by atoms with Crippen LogP contribution in [0, 0.1) is 5.95 Å². The summed E-state index contributed by atoms with van der Waals surface area (Å²) in [5.74, 6) is -4.05. The van der Waals surface area contributed by atoms with E-state index in [9.17, 15) is 30.8 Å². The number of hydrogen-bond donors (Lipinski definition) is 2. The minimum atomic E-state index is -5.08. The number of carbonyl (C=O) groups is 2.